The van der Waals surface area contributed by atoms with Crippen LogP contribution in [0.25, 0.3) is 0 Å². The highest BCUT2D eigenvalue weighted by Gasteiger charge is 2.25. The van der Waals surface area contributed by atoms with Gasteiger partial charge >= 0.3 is 0 Å². The molecule has 1 amide bonds. The highest BCUT2D eigenvalue weighted by molar-refractivity contribution is 5.81. The highest BCUT2D eigenvalue weighted by Crippen LogP contribution is 2.10. The second-order valence-corrected chi connectivity index (χ2v) is 4.39. The van der Waals surface area contributed by atoms with Crippen molar-refractivity contribution >= 4 is 11.7 Å². The van der Waals surface area contributed by atoms with Crippen molar-refractivity contribution in [3.63, 3.8) is 0 Å². The Bertz CT molecular complexity index is 449. The summed E-state index contributed by atoms with van der Waals surface area (Å²) < 4.78 is 0. The van der Waals surface area contributed by atoms with Crippen LogP contribution in [0.2, 0.25) is 0 Å². The quantitative estimate of drug-likeness (QED) is 0.489. The molecule has 0 saturated carbocycles. The summed E-state index contributed by atoms with van der Waals surface area (Å²) in [6, 6.07) is 1.62. The van der Waals surface area contributed by atoms with Gasteiger partial charge in [0.1, 0.15) is 11.6 Å². The van der Waals surface area contributed by atoms with Crippen LogP contribution < -0.4 is 16.6 Å². The number of nitrogens with one attached hydrogen (secondary N) is 2. The molecule has 2 rings (SSSR count). The van der Waals surface area contributed by atoms with Crippen molar-refractivity contribution in [3.05, 3.63) is 17.6 Å². The topological polar surface area (TPSA) is 96.2 Å². The first kappa shape index (κ1) is 12.7. The molecule has 1 aliphatic heterocycles. The number of carbonyl (C=O) groups excluding carboxylic acids is 1. The van der Waals surface area contributed by atoms with Gasteiger partial charge in [0.05, 0.1) is 12.6 Å². The molecule has 7 heteroatoms. The van der Waals surface area contributed by atoms with Crippen molar-refractivity contribution < 1.29 is 4.79 Å². The fourth-order valence-corrected chi connectivity index (χ4v) is 2.00. The maximum atomic E-state index is 11.6. The molecule has 7 nitrogen and oxygen atoms in total. The Balaban J connectivity index is 2.13. The first-order chi connectivity index (χ1) is 8.60. The molecule has 0 radical (unpaired) electrons. The molecule has 4 N–H and O–H groups in total. The lowest BCUT2D eigenvalue weighted by Crippen LogP contribution is -2.53. The third kappa shape index (κ3) is 2.74. The molecule has 18 heavy (non-hydrogen) atoms. The molecule has 1 aliphatic rings. The van der Waals surface area contributed by atoms with E-state index in [1.165, 1.54) is 0 Å². The predicted octanol–water partition coefficient (Wildman–Crippen LogP) is -0.609. The molecule has 1 fully saturated rings. The Morgan fingerprint density at radius 2 is 2.39 bits per heavy atom. The van der Waals surface area contributed by atoms with Crippen LogP contribution in [-0.2, 0) is 11.3 Å². The Labute approximate surface area is 106 Å². The van der Waals surface area contributed by atoms with Crippen LogP contribution in [0.3, 0.4) is 0 Å². The number of piperazine rings is 1. The smallest absolute Gasteiger partial charge is 0.237 e. The minimum atomic E-state index is -0.155. The Hall–Kier alpha value is -1.73. The van der Waals surface area contributed by atoms with Crippen molar-refractivity contribution in [2.45, 2.75) is 26.4 Å². The zero-order chi connectivity index (χ0) is 13.1. The van der Waals surface area contributed by atoms with Crippen molar-refractivity contribution in [2.75, 3.05) is 18.5 Å². The Morgan fingerprint density at radius 3 is 3.11 bits per heavy atom. The van der Waals surface area contributed by atoms with E-state index in [9.17, 15) is 4.79 Å². The number of nitrogens with two attached hydrogens (primary N) is 1. The third-order valence-electron chi connectivity index (χ3n) is 3.02. The van der Waals surface area contributed by atoms with Crippen molar-refractivity contribution in [2.24, 2.45) is 5.84 Å². The van der Waals surface area contributed by atoms with Gasteiger partial charge in [-0.15, -0.1) is 0 Å². The van der Waals surface area contributed by atoms with E-state index < -0.39 is 0 Å². The number of hydrazine groups is 1. The molecule has 0 bridgehead atoms. The van der Waals surface area contributed by atoms with E-state index >= 15 is 0 Å². The van der Waals surface area contributed by atoms with E-state index in [1.54, 1.807) is 6.07 Å². The average Bonchev–Trinajstić information content (AvgIpc) is 2.34. The van der Waals surface area contributed by atoms with Gasteiger partial charge in [-0.05, 0) is 13.8 Å². The number of rotatable bonds is 3. The number of hydrogen-bond donors (Lipinski definition) is 3. The number of nitrogen functional groups attached to an aromatic ring is 1. The number of hydrogen-bond acceptors (Lipinski definition) is 6. The van der Waals surface area contributed by atoms with Gasteiger partial charge in [-0.1, -0.05) is 0 Å². The summed E-state index contributed by atoms with van der Waals surface area (Å²) in [5.74, 6) is 6.66. The maximum absolute atomic E-state index is 11.6. The lowest BCUT2D eigenvalue weighted by molar-refractivity contribution is -0.128. The number of nitrogens with zero attached hydrogens (tertiary/aromatic N) is 3. The number of amides is 1. The van der Waals surface area contributed by atoms with E-state index in [4.69, 9.17) is 5.84 Å². The number of aryl methyl sites for hydroxylation is 1. The monoisotopic (exact) mass is 250 g/mol. The van der Waals surface area contributed by atoms with Gasteiger partial charge in [0, 0.05) is 24.8 Å². The van der Waals surface area contributed by atoms with Gasteiger partial charge in [0.15, 0.2) is 0 Å². The molecular formula is C11H18N6O. The van der Waals surface area contributed by atoms with Gasteiger partial charge in [0.2, 0.25) is 5.91 Å². The molecule has 0 spiro atoms. The molecule has 1 aromatic rings. The zero-order valence-corrected chi connectivity index (χ0v) is 10.6. The minimum Gasteiger partial charge on any atom is -0.353 e. The molecule has 0 aliphatic carbocycles. The van der Waals surface area contributed by atoms with Crippen molar-refractivity contribution in [1.82, 2.24) is 20.2 Å². The fraction of sp³-hybridized carbons (Fsp3) is 0.545. The van der Waals surface area contributed by atoms with Crippen LogP contribution >= 0.6 is 0 Å². The summed E-state index contributed by atoms with van der Waals surface area (Å²) in [6.07, 6.45) is 0. The maximum Gasteiger partial charge on any atom is 0.237 e. The van der Waals surface area contributed by atoms with E-state index in [1.807, 2.05) is 18.7 Å². The van der Waals surface area contributed by atoms with Crippen LogP contribution in [0, 0.1) is 6.92 Å². The van der Waals surface area contributed by atoms with Gasteiger partial charge in [0.25, 0.3) is 0 Å². The van der Waals surface area contributed by atoms with Crippen LogP contribution in [-0.4, -0.2) is 39.9 Å². The van der Waals surface area contributed by atoms with Crippen molar-refractivity contribution in [3.8, 4) is 0 Å². The summed E-state index contributed by atoms with van der Waals surface area (Å²) >= 11 is 0. The summed E-state index contributed by atoms with van der Waals surface area (Å²) in [5.41, 5.74) is 3.37. The number of anilines is 1. The molecular weight excluding hydrogens is 232 g/mol. The van der Waals surface area contributed by atoms with Gasteiger partial charge in [-0.25, -0.2) is 15.8 Å². The van der Waals surface area contributed by atoms with Gasteiger partial charge in [-0.3, -0.25) is 9.69 Å². The molecule has 1 atom stereocenters. The lowest BCUT2D eigenvalue weighted by atomic mass is 10.2. The van der Waals surface area contributed by atoms with Crippen molar-refractivity contribution in [1.29, 1.82) is 0 Å². The zero-order valence-electron chi connectivity index (χ0n) is 10.6. The minimum absolute atomic E-state index is 0.0473. The predicted molar refractivity (Wildman–Crippen MR) is 67.5 cm³/mol. The molecule has 1 saturated heterocycles. The second kappa shape index (κ2) is 5.28. The van der Waals surface area contributed by atoms with E-state index in [0.717, 1.165) is 12.2 Å². The molecule has 0 aromatic carbocycles. The average molecular weight is 250 g/mol. The SMILES string of the molecule is Cc1cc(NN)nc(CN2CCNC(=O)C2C)n1. The fourth-order valence-electron chi connectivity index (χ4n) is 2.00. The molecule has 1 unspecified atom stereocenters. The normalized spacial score (nSPS) is 20.6. The van der Waals surface area contributed by atoms with Crippen LogP contribution in [0.15, 0.2) is 6.07 Å². The molecule has 98 valence electrons. The molecule has 2 heterocycles. The van der Waals surface area contributed by atoms with E-state index in [-0.39, 0.29) is 11.9 Å². The third-order valence-corrected chi connectivity index (χ3v) is 3.02. The first-order valence-electron chi connectivity index (χ1n) is 5.93. The number of aromatic nitrogens is 2. The van der Waals surface area contributed by atoms with E-state index in [0.29, 0.717) is 24.7 Å². The lowest BCUT2D eigenvalue weighted by Gasteiger charge is -2.32. The largest absolute Gasteiger partial charge is 0.353 e. The van der Waals surface area contributed by atoms with Gasteiger partial charge in [-0.2, -0.15) is 0 Å². The number of carbonyl (C=O) groups is 1. The summed E-state index contributed by atoms with van der Waals surface area (Å²) in [6.45, 7) is 5.78. The van der Waals surface area contributed by atoms with Crippen LogP contribution in [0.5, 0.6) is 0 Å². The molecule has 1 aromatic heterocycles. The van der Waals surface area contributed by atoms with Crippen LogP contribution in [0.1, 0.15) is 18.4 Å². The second-order valence-electron chi connectivity index (χ2n) is 4.39. The summed E-state index contributed by atoms with van der Waals surface area (Å²) in [4.78, 5) is 22.2. The van der Waals surface area contributed by atoms with Gasteiger partial charge < -0.3 is 10.7 Å². The summed E-state index contributed by atoms with van der Waals surface area (Å²) in [7, 11) is 0. The van der Waals surface area contributed by atoms with E-state index in [2.05, 4.69) is 20.7 Å². The first-order valence-corrected chi connectivity index (χ1v) is 5.93. The van der Waals surface area contributed by atoms with Crippen LogP contribution in [0.4, 0.5) is 5.82 Å². The Morgan fingerprint density at radius 1 is 1.61 bits per heavy atom. The standard InChI is InChI=1S/C11H18N6O/c1-7-5-9(16-12)15-10(14-7)6-17-4-3-13-11(18)8(17)2/h5,8H,3-4,6,12H2,1-2H3,(H,13,18)(H,14,15,16). The highest BCUT2D eigenvalue weighted by atomic mass is 16.2. The Kier molecular flexibility index (Phi) is 3.73. The summed E-state index contributed by atoms with van der Waals surface area (Å²) in [5, 5.41) is 2.83.